The lowest BCUT2D eigenvalue weighted by atomic mass is 10.2. The number of hydrogen-bond acceptors (Lipinski definition) is 4. The van der Waals surface area contributed by atoms with Crippen molar-refractivity contribution in [1.29, 1.82) is 0 Å². The van der Waals surface area contributed by atoms with Crippen LogP contribution in [0.5, 0.6) is 0 Å². The molecule has 0 amide bonds. The van der Waals surface area contributed by atoms with E-state index in [1.807, 2.05) is 24.9 Å². The fourth-order valence-corrected chi connectivity index (χ4v) is 4.98. The summed E-state index contributed by atoms with van der Waals surface area (Å²) in [5.74, 6) is 2.85. The predicted octanol–water partition coefficient (Wildman–Crippen LogP) is 2.97. The number of thioether (sulfide) groups is 1. The standard InChI is InChI=1S/C19H32N4O2S2.HI/c1-4-27(24,25)22(3)13-8-12-21-19(20-2)23-14-11-17(15-23)16-26-18-9-6-5-7-10-18;/h5-7,9-10,17H,4,8,11-16H2,1-3H3,(H,20,21);1H. The first-order valence-corrected chi connectivity index (χ1v) is 12.1. The highest BCUT2D eigenvalue weighted by atomic mass is 127. The average molecular weight is 541 g/mol. The summed E-state index contributed by atoms with van der Waals surface area (Å²) in [7, 11) is 0.355. The summed E-state index contributed by atoms with van der Waals surface area (Å²) in [6.07, 6.45) is 1.94. The molecule has 0 aliphatic carbocycles. The van der Waals surface area contributed by atoms with Crippen LogP contribution < -0.4 is 5.32 Å². The van der Waals surface area contributed by atoms with Gasteiger partial charge < -0.3 is 10.2 Å². The number of sulfonamides is 1. The van der Waals surface area contributed by atoms with Gasteiger partial charge in [-0.25, -0.2) is 12.7 Å². The molecule has 1 fully saturated rings. The second-order valence-electron chi connectivity index (χ2n) is 6.77. The van der Waals surface area contributed by atoms with Crippen LogP contribution in [0.2, 0.25) is 0 Å². The van der Waals surface area contributed by atoms with Gasteiger partial charge in [-0.1, -0.05) is 18.2 Å². The zero-order chi connectivity index (χ0) is 19.7. The van der Waals surface area contributed by atoms with Crippen LogP contribution in [0.15, 0.2) is 40.2 Å². The van der Waals surface area contributed by atoms with Gasteiger partial charge in [-0.05, 0) is 37.8 Å². The van der Waals surface area contributed by atoms with E-state index in [2.05, 4.69) is 39.5 Å². The van der Waals surface area contributed by atoms with E-state index < -0.39 is 10.0 Å². The Morgan fingerprint density at radius 3 is 2.71 bits per heavy atom. The number of aliphatic imine (C=N–C) groups is 1. The van der Waals surface area contributed by atoms with Crippen LogP contribution in [0.3, 0.4) is 0 Å². The first-order chi connectivity index (χ1) is 13.0. The molecule has 1 N–H and O–H groups in total. The molecule has 0 saturated carbocycles. The van der Waals surface area contributed by atoms with Crippen LogP contribution in [0, 0.1) is 5.92 Å². The molecule has 2 rings (SSSR count). The van der Waals surface area contributed by atoms with E-state index in [0.717, 1.165) is 37.8 Å². The fourth-order valence-electron chi connectivity index (χ4n) is 3.09. The SMILES string of the molecule is CCS(=O)(=O)N(C)CCCNC(=NC)N1CCC(CSc2ccccc2)C1.I. The van der Waals surface area contributed by atoms with Gasteiger partial charge in [0, 0.05) is 50.9 Å². The van der Waals surface area contributed by atoms with E-state index in [4.69, 9.17) is 0 Å². The van der Waals surface area contributed by atoms with Gasteiger partial charge in [0.05, 0.1) is 5.75 Å². The van der Waals surface area contributed by atoms with Crippen molar-refractivity contribution in [3.05, 3.63) is 30.3 Å². The summed E-state index contributed by atoms with van der Waals surface area (Å²) >= 11 is 1.92. The largest absolute Gasteiger partial charge is 0.356 e. The van der Waals surface area contributed by atoms with Crippen molar-refractivity contribution >= 4 is 51.7 Å². The molecule has 1 saturated heterocycles. The maximum Gasteiger partial charge on any atom is 0.213 e. The number of halogens is 1. The lowest BCUT2D eigenvalue weighted by Gasteiger charge is -2.22. The summed E-state index contributed by atoms with van der Waals surface area (Å²) < 4.78 is 25.0. The molecule has 0 aromatic heterocycles. The van der Waals surface area contributed by atoms with E-state index in [1.165, 1.54) is 15.6 Å². The smallest absolute Gasteiger partial charge is 0.213 e. The summed E-state index contributed by atoms with van der Waals surface area (Å²) in [5.41, 5.74) is 0. The Labute approximate surface area is 191 Å². The number of hydrogen-bond donors (Lipinski definition) is 1. The molecule has 1 aliphatic rings. The Hall–Kier alpha value is -0.520. The molecule has 28 heavy (non-hydrogen) atoms. The molecule has 1 aromatic rings. The molecule has 1 unspecified atom stereocenters. The highest BCUT2D eigenvalue weighted by Gasteiger charge is 2.24. The van der Waals surface area contributed by atoms with Crippen molar-refractivity contribution in [1.82, 2.24) is 14.5 Å². The molecule has 9 heteroatoms. The van der Waals surface area contributed by atoms with E-state index in [9.17, 15) is 8.42 Å². The summed E-state index contributed by atoms with van der Waals surface area (Å²) in [6, 6.07) is 10.5. The molecule has 1 atom stereocenters. The summed E-state index contributed by atoms with van der Waals surface area (Å²) in [5, 5.41) is 3.38. The quantitative estimate of drug-likeness (QED) is 0.172. The molecule has 160 valence electrons. The topological polar surface area (TPSA) is 65.0 Å². The monoisotopic (exact) mass is 540 g/mol. The Morgan fingerprint density at radius 2 is 2.07 bits per heavy atom. The first-order valence-electron chi connectivity index (χ1n) is 9.53. The molecule has 6 nitrogen and oxygen atoms in total. The van der Waals surface area contributed by atoms with Crippen LogP contribution in [-0.4, -0.2) is 75.4 Å². The van der Waals surface area contributed by atoms with E-state index in [0.29, 0.717) is 12.5 Å². The Kier molecular flexibility index (Phi) is 11.8. The second-order valence-corrected chi connectivity index (χ2v) is 10.2. The molecule has 0 spiro atoms. The maximum absolute atomic E-state index is 11.8. The van der Waals surface area contributed by atoms with Gasteiger partial charge in [-0.15, -0.1) is 35.7 Å². The van der Waals surface area contributed by atoms with E-state index in [1.54, 1.807) is 14.0 Å². The summed E-state index contributed by atoms with van der Waals surface area (Å²) in [6.45, 7) is 4.95. The van der Waals surface area contributed by atoms with Gasteiger partial charge in [-0.3, -0.25) is 4.99 Å². The summed E-state index contributed by atoms with van der Waals surface area (Å²) in [4.78, 5) is 8.03. The van der Waals surface area contributed by atoms with Gasteiger partial charge in [0.2, 0.25) is 10.0 Å². The van der Waals surface area contributed by atoms with E-state index in [-0.39, 0.29) is 29.7 Å². The lowest BCUT2D eigenvalue weighted by Crippen LogP contribution is -2.41. The third-order valence-electron chi connectivity index (χ3n) is 4.80. The second kappa shape index (κ2) is 12.9. The molecule has 0 bridgehead atoms. The van der Waals surface area contributed by atoms with E-state index >= 15 is 0 Å². The molecule has 0 radical (unpaired) electrons. The normalized spacial score (nSPS) is 17.6. The van der Waals surface area contributed by atoms with Gasteiger partial charge in [0.1, 0.15) is 0 Å². The van der Waals surface area contributed by atoms with Crippen molar-refractivity contribution < 1.29 is 8.42 Å². The minimum atomic E-state index is -3.09. The Morgan fingerprint density at radius 1 is 1.36 bits per heavy atom. The Balaban J connectivity index is 0.00000392. The highest BCUT2D eigenvalue weighted by Crippen LogP contribution is 2.25. The Bertz CT molecular complexity index is 701. The first kappa shape index (κ1) is 25.5. The minimum Gasteiger partial charge on any atom is -0.356 e. The maximum atomic E-state index is 11.8. The molecular formula is C19H33IN4O2S2. The number of rotatable bonds is 9. The van der Waals surface area contributed by atoms with Crippen LogP contribution in [0.4, 0.5) is 0 Å². The van der Waals surface area contributed by atoms with Gasteiger partial charge in [-0.2, -0.15) is 0 Å². The molecule has 1 aromatic carbocycles. The lowest BCUT2D eigenvalue weighted by molar-refractivity contribution is 0.450. The zero-order valence-electron chi connectivity index (χ0n) is 17.0. The fraction of sp³-hybridized carbons (Fsp3) is 0.632. The average Bonchev–Trinajstić information content (AvgIpc) is 3.15. The third-order valence-corrected chi connectivity index (χ3v) is 7.90. The zero-order valence-corrected chi connectivity index (χ0v) is 21.0. The predicted molar refractivity (Wildman–Crippen MR) is 130 cm³/mol. The van der Waals surface area contributed by atoms with Gasteiger partial charge >= 0.3 is 0 Å². The van der Waals surface area contributed by atoms with Crippen LogP contribution >= 0.6 is 35.7 Å². The number of guanidine groups is 1. The van der Waals surface area contributed by atoms with Crippen molar-refractivity contribution in [2.45, 2.75) is 24.7 Å². The van der Waals surface area contributed by atoms with Crippen LogP contribution in [0.1, 0.15) is 19.8 Å². The number of benzene rings is 1. The van der Waals surface area contributed by atoms with Crippen molar-refractivity contribution in [3.63, 3.8) is 0 Å². The number of nitrogens with one attached hydrogen (secondary N) is 1. The minimum absolute atomic E-state index is 0. The molecule has 1 aliphatic heterocycles. The number of likely N-dealkylation sites (tertiary alicyclic amines) is 1. The molecule has 1 heterocycles. The van der Waals surface area contributed by atoms with Crippen LogP contribution in [-0.2, 0) is 10.0 Å². The highest BCUT2D eigenvalue weighted by molar-refractivity contribution is 14.0. The number of nitrogens with zero attached hydrogens (tertiary/aromatic N) is 3. The molecular weight excluding hydrogens is 507 g/mol. The van der Waals surface area contributed by atoms with Crippen molar-refractivity contribution in [2.24, 2.45) is 10.9 Å². The third kappa shape index (κ3) is 8.08. The van der Waals surface area contributed by atoms with Gasteiger partial charge in [0.15, 0.2) is 5.96 Å². The van der Waals surface area contributed by atoms with Gasteiger partial charge in [0.25, 0.3) is 0 Å². The van der Waals surface area contributed by atoms with Crippen molar-refractivity contribution in [2.75, 3.05) is 51.8 Å². The van der Waals surface area contributed by atoms with Crippen LogP contribution in [0.25, 0.3) is 0 Å². The van der Waals surface area contributed by atoms with Crippen molar-refractivity contribution in [3.8, 4) is 0 Å².